The van der Waals surface area contributed by atoms with Gasteiger partial charge in [-0.25, -0.2) is 18.0 Å². The van der Waals surface area contributed by atoms with Crippen LogP contribution in [0.1, 0.15) is 27.5 Å². The third kappa shape index (κ3) is 7.34. The van der Waals surface area contributed by atoms with Gasteiger partial charge in [-0.3, -0.25) is 9.78 Å². The lowest BCUT2D eigenvalue weighted by Crippen LogP contribution is -2.43. The van der Waals surface area contributed by atoms with E-state index in [0.717, 1.165) is 19.2 Å². The predicted octanol–water partition coefficient (Wildman–Crippen LogP) is 8.86. The molecule has 1 aromatic heterocycles. The number of ether oxygens (including phenoxy) is 1. The van der Waals surface area contributed by atoms with Crippen molar-refractivity contribution >= 4 is 51.7 Å². The molecule has 0 fully saturated rings. The number of fused-ring (bicyclic) bond motifs is 1. The third-order valence-corrected chi connectivity index (χ3v) is 7.98. The van der Waals surface area contributed by atoms with E-state index in [-0.39, 0.29) is 22.0 Å². The maximum Gasteiger partial charge on any atom is 0.412 e. The van der Waals surface area contributed by atoms with Gasteiger partial charge in [-0.15, -0.1) is 0 Å². The largest absolute Gasteiger partial charge is 0.467 e. The van der Waals surface area contributed by atoms with Gasteiger partial charge in [0.1, 0.15) is 35.1 Å². The summed E-state index contributed by atoms with van der Waals surface area (Å²) in [5, 5.41) is 4.91. The first-order chi connectivity index (χ1) is 22.8. The highest BCUT2D eigenvalue weighted by molar-refractivity contribution is 6.39. The molecule has 5 aromatic rings. The Bertz CT molecular complexity index is 1960. The number of hydrogen-bond donors (Lipinski definition) is 2. The van der Waals surface area contributed by atoms with Crippen LogP contribution in [0, 0.1) is 17.5 Å². The molecule has 6 nitrogen and oxygen atoms in total. The van der Waals surface area contributed by atoms with Gasteiger partial charge in [0, 0.05) is 29.3 Å². The number of methoxy groups -OCH3 is 1. The molecule has 0 aliphatic carbocycles. The number of amides is 1. The molecule has 0 aliphatic heterocycles. The molecule has 0 spiro atoms. The van der Waals surface area contributed by atoms with Crippen molar-refractivity contribution in [3.8, 4) is 11.1 Å². The van der Waals surface area contributed by atoms with E-state index in [4.69, 9.17) is 27.9 Å². The Kier molecular flexibility index (Phi) is 10.2. The first-order valence-electron chi connectivity index (χ1n) is 14.1. The van der Waals surface area contributed by atoms with Crippen molar-refractivity contribution in [3.05, 3.63) is 129 Å². The predicted molar refractivity (Wildman–Crippen MR) is 169 cm³/mol. The summed E-state index contributed by atoms with van der Waals surface area (Å²) < 4.78 is 90.4. The smallest absolute Gasteiger partial charge is 0.412 e. The fourth-order valence-corrected chi connectivity index (χ4v) is 5.90. The van der Waals surface area contributed by atoms with Crippen LogP contribution in [0.4, 0.5) is 32.0 Å². The summed E-state index contributed by atoms with van der Waals surface area (Å²) in [7, 11) is 1.05. The molecule has 0 saturated heterocycles. The highest BCUT2D eigenvalue weighted by Gasteiger charge is 2.41. The molecule has 14 heteroatoms. The van der Waals surface area contributed by atoms with E-state index in [2.05, 4.69) is 15.6 Å². The van der Waals surface area contributed by atoms with Gasteiger partial charge in [0.2, 0.25) is 0 Å². The fourth-order valence-electron chi connectivity index (χ4n) is 5.24. The van der Waals surface area contributed by atoms with Crippen molar-refractivity contribution in [2.75, 3.05) is 12.4 Å². The lowest BCUT2D eigenvalue weighted by atomic mass is 9.95. The lowest BCUT2D eigenvalue weighted by molar-refractivity contribution is -0.144. The molecular formula is C34H23Cl2F6N3O3. The summed E-state index contributed by atoms with van der Waals surface area (Å²) in [5.41, 5.74) is -0.330. The van der Waals surface area contributed by atoms with Crippen molar-refractivity contribution < 1.29 is 40.7 Å². The molecule has 0 bridgehead atoms. The van der Waals surface area contributed by atoms with Crippen LogP contribution in [0.25, 0.3) is 22.0 Å². The van der Waals surface area contributed by atoms with Crippen molar-refractivity contribution in [2.45, 2.75) is 24.7 Å². The van der Waals surface area contributed by atoms with Gasteiger partial charge in [0.25, 0.3) is 5.91 Å². The maximum absolute atomic E-state index is 15.2. The number of rotatable bonds is 9. The van der Waals surface area contributed by atoms with Gasteiger partial charge in [-0.1, -0.05) is 71.7 Å². The van der Waals surface area contributed by atoms with Crippen LogP contribution in [-0.4, -0.2) is 36.2 Å². The number of hydrogen-bond acceptors (Lipinski definition) is 5. The Morgan fingerprint density at radius 2 is 1.54 bits per heavy atom. The monoisotopic (exact) mass is 705 g/mol. The summed E-state index contributed by atoms with van der Waals surface area (Å²) in [5.74, 6) is -5.91. The number of carbonyl (C=O) groups excluding carboxylic acids is 2. The number of aromatic nitrogens is 1. The first-order valence-corrected chi connectivity index (χ1v) is 14.8. The summed E-state index contributed by atoms with van der Waals surface area (Å²) >= 11 is 12.6. The molecule has 1 heterocycles. The zero-order chi connectivity index (χ0) is 34.7. The number of esters is 1. The number of anilines is 1. The second kappa shape index (κ2) is 14.1. The lowest BCUT2D eigenvalue weighted by Gasteiger charge is -2.23. The molecule has 4 aromatic carbocycles. The second-order valence-electron chi connectivity index (χ2n) is 10.5. The summed E-state index contributed by atoms with van der Waals surface area (Å²) in [6.07, 6.45) is -3.62. The first kappa shape index (κ1) is 34.5. The van der Waals surface area contributed by atoms with Crippen molar-refractivity contribution in [1.29, 1.82) is 0 Å². The van der Waals surface area contributed by atoms with Gasteiger partial charge in [-0.05, 0) is 47.0 Å². The van der Waals surface area contributed by atoms with E-state index >= 15 is 8.78 Å². The van der Waals surface area contributed by atoms with E-state index in [0.29, 0.717) is 39.7 Å². The van der Waals surface area contributed by atoms with E-state index in [1.165, 1.54) is 36.5 Å². The van der Waals surface area contributed by atoms with Crippen LogP contribution >= 0.6 is 23.2 Å². The SMILES string of the molecule is COC(=O)[C@H](Cc1ccc(-c2c(Cl)cc(F)cc2Cl)c2cccnc12)NC(=O)c1c(F)cc(N[C@H](c2ccccc2)C(F)(F)F)cc1F. The number of nitrogens with one attached hydrogen (secondary N) is 2. The number of nitrogens with zero attached hydrogens (tertiary/aromatic N) is 1. The van der Waals surface area contributed by atoms with Gasteiger partial charge in [0.15, 0.2) is 0 Å². The highest BCUT2D eigenvalue weighted by Crippen LogP contribution is 2.40. The van der Waals surface area contributed by atoms with Crippen molar-refractivity contribution in [3.63, 3.8) is 0 Å². The minimum atomic E-state index is -4.83. The summed E-state index contributed by atoms with van der Waals surface area (Å²) in [4.78, 5) is 30.3. The van der Waals surface area contributed by atoms with Crippen LogP contribution in [0.2, 0.25) is 10.0 Å². The Morgan fingerprint density at radius 3 is 2.15 bits per heavy atom. The van der Waals surface area contributed by atoms with Crippen molar-refractivity contribution in [2.24, 2.45) is 0 Å². The van der Waals surface area contributed by atoms with Crippen LogP contribution in [0.15, 0.2) is 85.1 Å². The van der Waals surface area contributed by atoms with E-state index < -0.39 is 58.8 Å². The molecule has 0 unspecified atom stereocenters. The normalized spacial score (nSPS) is 12.8. The zero-order valence-electron chi connectivity index (χ0n) is 24.6. The van der Waals surface area contributed by atoms with Gasteiger partial charge < -0.3 is 15.4 Å². The fraction of sp³-hybridized carbons (Fsp3) is 0.147. The molecular weight excluding hydrogens is 683 g/mol. The quantitative estimate of drug-likeness (QED) is 0.118. The number of benzene rings is 4. The van der Waals surface area contributed by atoms with Gasteiger partial charge in [-0.2, -0.15) is 13.2 Å². The highest BCUT2D eigenvalue weighted by atomic mass is 35.5. The maximum atomic E-state index is 15.2. The standard InChI is InChI=1S/C34H23Cl2F6N3O3/c1-48-33(47)27(12-18-9-10-21(22-8-5-11-43-30(18)22)28-23(35)13-19(37)14-24(28)36)45-32(46)29-25(38)15-20(16-26(29)39)44-31(34(40,41)42)17-6-3-2-4-7-17/h2-11,13-16,27,31,44H,12H2,1H3,(H,45,46)/t27-,31+/m0/s1. The molecule has 0 radical (unpaired) electrons. The minimum absolute atomic E-state index is 0.0388. The number of halogens is 8. The Hall–Kier alpha value is -4.81. The number of carbonyl (C=O) groups is 2. The molecule has 2 N–H and O–H groups in total. The molecule has 1 amide bonds. The van der Waals surface area contributed by atoms with E-state index in [9.17, 15) is 27.2 Å². The van der Waals surface area contributed by atoms with Crippen LogP contribution in [0.5, 0.6) is 0 Å². The molecule has 2 atom stereocenters. The van der Waals surface area contributed by atoms with E-state index in [1.54, 1.807) is 24.3 Å². The third-order valence-electron chi connectivity index (χ3n) is 7.38. The number of pyridine rings is 1. The summed E-state index contributed by atoms with van der Waals surface area (Å²) in [6.45, 7) is 0. The Morgan fingerprint density at radius 1 is 0.896 bits per heavy atom. The van der Waals surface area contributed by atoms with Crippen LogP contribution in [0.3, 0.4) is 0 Å². The Labute approximate surface area is 279 Å². The molecule has 248 valence electrons. The average molecular weight is 706 g/mol. The van der Waals surface area contributed by atoms with Crippen LogP contribution < -0.4 is 10.6 Å². The molecule has 0 aliphatic rings. The Balaban J connectivity index is 1.44. The van der Waals surface area contributed by atoms with Gasteiger partial charge >= 0.3 is 12.1 Å². The number of alkyl halides is 3. The van der Waals surface area contributed by atoms with Gasteiger partial charge in [0.05, 0.1) is 22.7 Å². The minimum Gasteiger partial charge on any atom is -0.467 e. The van der Waals surface area contributed by atoms with Crippen molar-refractivity contribution in [1.82, 2.24) is 10.3 Å². The average Bonchev–Trinajstić information content (AvgIpc) is 3.03. The van der Waals surface area contributed by atoms with Crippen LogP contribution in [-0.2, 0) is 16.0 Å². The molecule has 5 rings (SSSR count). The molecule has 48 heavy (non-hydrogen) atoms. The van der Waals surface area contributed by atoms with E-state index in [1.807, 2.05) is 0 Å². The topological polar surface area (TPSA) is 80.3 Å². The zero-order valence-corrected chi connectivity index (χ0v) is 26.2. The second-order valence-corrected chi connectivity index (χ2v) is 11.3. The molecule has 0 saturated carbocycles. The summed E-state index contributed by atoms with van der Waals surface area (Å²) in [6, 6.07) is 12.7.